The molecular formula is C14H15ClFNO3. The van der Waals surface area contributed by atoms with E-state index in [1.54, 1.807) is 19.9 Å². The standard InChI is InChI=1S/C14H15ClFNO3/c1-7(2)17-12(18)6-9(14(19)20)13(17)8-3-4-10(15)11(16)5-8/h3-5,7,9,13H,6H2,1-2H3,(H,19,20)/t9-,13-/m0/s1. The van der Waals surface area contributed by atoms with Crippen LogP contribution in [0.15, 0.2) is 18.2 Å². The highest BCUT2D eigenvalue weighted by Gasteiger charge is 2.45. The zero-order valence-electron chi connectivity index (χ0n) is 11.1. The summed E-state index contributed by atoms with van der Waals surface area (Å²) in [6.07, 6.45) is -0.0670. The summed E-state index contributed by atoms with van der Waals surface area (Å²) in [6.45, 7) is 3.61. The molecule has 0 unspecified atom stereocenters. The summed E-state index contributed by atoms with van der Waals surface area (Å²) < 4.78 is 13.6. The van der Waals surface area contributed by atoms with E-state index >= 15 is 0 Å². The Balaban J connectivity index is 2.48. The smallest absolute Gasteiger partial charge is 0.309 e. The van der Waals surface area contributed by atoms with Crippen molar-refractivity contribution >= 4 is 23.5 Å². The third-order valence-electron chi connectivity index (χ3n) is 3.52. The number of nitrogens with zero attached hydrogens (tertiary/aromatic N) is 1. The van der Waals surface area contributed by atoms with Crippen LogP contribution in [0.2, 0.25) is 5.02 Å². The summed E-state index contributed by atoms with van der Waals surface area (Å²) >= 11 is 5.64. The molecule has 2 rings (SSSR count). The van der Waals surface area contributed by atoms with Crippen molar-refractivity contribution in [1.29, 1.82) is 0 Å². The van der Waals surface area contributed by atoms with Gasteiger partial charge in [0.05, 0.1) is 17.0 Å². The first-order valence-corrected chi connectivity index (χ1v) is 6.69. The van der Waals surface area contributed by atoms with E-state index in [0.29, 0.717) is 5.56 Å². The Morgan fingerprint density at radius 1 is 1.50 bits per heavy atom. The minimum atomic E-state index is -1.05. The van der Waals surface area contributed by atoms with Crippen molar-refractivity contribution in [2.45, 2.75) is 32.4 Å². The number of hydrogen-bond donors (Lipinski definition) is 1. The second-order valence-electron chi connectivity index (χ2n) is 5.16. The van der Waals surface area contributed by atoms with Crippen molar-refractivity contribution in [3.8, 4) is 0 Å². The van der Waals surface area contributed by atoms with Gasteiger partial charge in [0.25, 0.3) is 0 Å². The number of carboxylic acids is 1. The lowest BCUT2D eigenvalue weighted by atomic mass is 9.93. The highest BCUT2D eigenvalue weighted by atomic mass is 35.5. The van der Waals surface area contributed by atoms with Crippen LogP contribution in [0.3, 0.4) is 0 Å². The molecule has 108 valence electrons. The minimum absolute atomic E-state index is 0.0268. The predicted molar refractivity (Wildman–Crippen MR) is 71.9 cm³/mol. The Labute approximate surface area is 121 Å². The molecule has 1 amide bonds. The fourth-order valence-corrected chi connectivity index (χ4v) is 2.79. The summed E-state index contributed by atoms with van der Waals surface area (Å²) in [5.41, 5.74) is 0.457. The van der Waals surface area contributed by atoms with E-state index in [-0.39, 0.29) is 23.4 Å². The molecule has 1 aromatic rings. The molecule has 1 heterocycles. The van der Waals surface area contributed by atoms with Gasteiger partial charge >= 0.3 is 5.97 Å². The molecule has 0 spiro atoms. The highest BCUT2D eigenvalue weighted by molar-refractivity contribution is 6.30. The molecule has 0 radical (unpaired) electrons. The van der Waals surface area contributed by atoms with Gasteiger partial charge in [-0.25, -0.2) is 4.39 Å². The molecule has 0 bridgehead atoms. The van der Waals surface area contributed by atoms with Crippen LogP contribution in [-0.2, 0) is 9.59 Å². The van der Waals surface area contributed by atoms with Crippen molar-refractivity contribution in [1.82, 2.24) is 4.90 Å². The van der Waals surface area contributed by atoms with Gasteiger partial charge in [0.2, 0.25) is 5.91 Å². The SMILES string of the molecule is CC(C)N1C(=O)C[C@H](C(=O)O)[C@@H]1c1ccc(Cl)c(F)c1. The van der Waals surface area contributed by atoms with E-state index < -0.39 is 23.7 Å². The van der Waals surface area contributed by atoms with Crippen molar-refractivity contribution in [2.75, 3.05) is 0 Å². The maximum absolute atomic E-state index is 13.6. The molecule has 4 nitrogen and oxygen atoms in total. The van der Waals surface area contributed by atoms with Crippen molar-refractivity contribution in [3.63, 3.8) is 0 Å². The molecule has 20 heavy (non-hydrogen) atoms. The first kappa shape index (κ1) is 14.8. The Morgan fingerprint density at radius 3 is 2.65 bits per heavy atom. The van der Waals surface area contributed by atoms with Crippen molar-refractivity contribution in [2.24, 2.45) is 5.92 Å². The van der Waals surface area contributed by atoms with Gasteiger partial charge < -0.3 is 10.0 Å². The lowest BCUT2D eigenvalue weighted by molar-refractivity contribution is -0.142. The van der Waals surface area contributed by atoms with E-state index in [1.807, 2.05) is 0 Å². The molecule has 6 heteroatoms. The Morgan fingerprint density at radius 2 is 2.15 bits per heavy atom. The van der Waals surface area contributed by atoms with E-state index in [4.69, 9.17) is 11.6 Å². The fourth-order valence-electron chi connectivity index (χ4n) is 2.67. The molecule has 1 aromatic carbocycles. The zero-order valence-corrected chi connectivity index (χ0v) is 11.9. The van der Waals surface area contributed by atoms with Crippen LogP contribution in [0.25, 0.3) is 0 Å². The molecule has 1 fully saturated rings. The largest absolute Gasteiger partial charge is 0.481 e. The number of benzene rings is 1. The van der Waals surface area contributed by atoms with Crippen LogP contribution in [0.4, 0.5) is 4.39 Å². The monoisotopic (exact) mass is 299 g/mol. The van der Waals surface area contributed by atoms with Gasteiger partial charge in [-0.2, -0.15) is 0 Å². The summed E-state index contributed by atoms with van der Waals surface area (Å²) in [7, 11) is 0. The van der Waals surface area contributed by atoms with Crippen LogP contribution in [0.5, 0.6) is 0 Å². The third kappa shape index (κ3) is 2.50. The second-order valence-corrected chi connectivity index (χ2v) is 5.57. The predicted octanol–water partition coefficient (Wildman–Crippen LogP) is 2.86. The lowest BCUT2D eigenvalue weighted by Crippen LogP contribution is -2.36. The minimum Gasteiger partial charge on any atom is -0.481 e. The van der Waals surface area contributed by atoms with Crippen LogP contribution < -0.4 is 0 Å². The van der Waals surface area contributed by atoms with E-state index in [1.165, 1.54) is 17.0 Å². The fraction of sp³-hybridized carbons (Fsp3) is 0.429. The average molecular weight is 300 g/mol. The summed E-state index contributed by atoms with van der Waals surface area (Å²) in [4.78, 5) is 24.9. The number of amides is 1. The summed E-state index contributed by atoms with van der Waals surface area (Å²) in [5.74, 6) is -2.77. The normalized spacial score (nSPS) is 22.6. The quantitative estimate of drug-likeness (QED) is 0.933. The molecule has 0 aliphatic carbocycles. The maximum Gasteiger partial charge on any atom is 0.309 e. The number of rotatable bonds is 3. The number of carboxylic acid groups (broad SMARTS) is 1. The molecule has 2 atom stereocenters. The molecule has 0 saturated carbocycles. The second kappa shape index (κ2) is 5.40. The van der Waals surface area contributed by atoms with Crippen LogP contribution in [0.1, 0.15) is 31.9 Å². The van der Waals surface area contributed by atoms with Gasteiger partial charge in [-0.15, -0.1) is 0 Å². The number of aliphatic carboxylic acids is 1. The lowest BCUT2D eigenvalue weighted by Gasteiger charge is -2.30. The number of halogens is 2. The average Bonchev–Trinajstić information content (AvgIpc) is 2.70. The van der Waals surface area contributed by atoms with Crippen LogP contribution in [0, 0.1) is 11.7 Å². The Kier molecular flexibility index (Phi) is 3.99. The van der Waals surface area contributed by atoms with Crippen LogP contribution in [-0.4, -0.2) is 27.9 Å². The molecule has 1 aliphatic heterocycles. The van der Waals surface area contributed by atoms with E-state index in [9.17, 15) is 19.1 Å². The van der Waals surface area contributed by atoms with E-state index in [2.05, 4.69) is 0 Å². The number of hydrogen-bond acceptors (Lipinski definition) is 2. The zero-order chi connectivity index (χ0) is 15.0. The number of carbonyl (C=O) groups is 2. The highest BCUT2D eigenvalue weighted by Crippen LogP contribution is 2.40. The molecule has 1 aliphatic rings. The number of likely N-dealkylation sites (tertiary alicyclic amines) is 1. The van der Waals surface area contributed by atoms with Crippen molar-refractivity contribution in [3.05, 3.63) is 34.6 Å². The molecule has 0 aromatic heterocycles. The van der Waals surface area contributed by atoms with Gasteiger partial charge in [0.15, 0.2) is 0 Å². The summed E-state index contributed by atoms with van der Waals surface area (Å²) in [5, 5.41) is 9.26. The first-order chi connectivity index (χ1) is 9.32. The van der Waals surface area contributed by atoms with Gasteiger partial charge in [-0.3, -0.25) is 9.59 Å². The molecule has 1 saturated heterocycles. The first-order valence-electron chi connectivity index (χ1n) is 6.32. The van der Waals surface area contributed by atoms with Gasteiger partial charge in [0.1, 0.15) is 5.82 Å². The maximum atomic E-state index is 13.6. The van der Waals surface area contributed by atoms with Gasteiger partial charge in [-0.05, 0) is 31.5 Å². The van der Waals surface area contributed by atoms with Gasteiger partial charge in [-0.1, -0.05) is 17.7 Å². The van der Waals surface area contributed by atoms with E-state index in [0.717, 1.165) is 0 Å². The third-order valence-corrected chi connectivity index (χ3v) is 3.83. The number of carbonyl (C=O) groups excluding carboxylic acids is 1. The topological polar surface area (TPSA) is 57.6 Å². The Hall–Kier alpha value is -1.62. The molecule has 1 N–H and O–H groups in total. The summed E-state index contributed by atoms with van der Waals surface area (Å²) in [6, 6.07) is 3.34. The molecular weight excluding hydrogens is 285 g/mol. The Bertz CT molecular complexity index is 561. The van der Waals surface area contributed by atoms with Gasteiger partial charge in [0, 0.05) is 12.5 Å². The van der Waals surface area contributed by atoms with Crippen molar-refractivity contribution < 1.29 is 19.1 Å². The van der Waals surface area contributed by atoms with Crippen LogP contribution >= 0.6 is 11.6 Å².